The zero-order valence-electron chi connectivity index (χ0n) is 11.0. The number of fused-ring (bicyclic) bond motifs is 1. The topological polar surface area (TPSA) is 43.4 Å². The van der Waals surface area contributed by atoms with E-state index in [1.54, 1.807) is 0 Å². The van der Waals surface area contributed by atoms with E-state index in [0.29, 0.717) is 17.3 Å². The summed E-state index contributed by atoms with van der Waals surface area (Å²) in [6.07, 6.45) is 4.47. The lowest BCUT2D eigenvalue weighted by atomic mass is 9.40. The van der Waals surface area contributed by atoms with E-state index in [9.17, 15) is 9.59 Å². The highest BCUT2D eigenvalue weighted by atomic mass is 16.6. The molecule has 6 atom stereocenters. The minimum absolute atomic E-state index is 0.0994. The number of ether oxygens (including phenoxy) is 1. The molecular formula is C15H20O3. The quantitative estimate of drug-likeness (QED) is 0.488. The average Bonchev–Trinajstić information content (AvgIpc) is 2.64. The summed E-state index contributed by atoms with van der Waals surface area (Å²) in [6, 6.07) is 0. The third kappa shape index (κ3) is 1.11. The van der Waals surface area contributed by atoms with Gasteiger partial charge in [0.2, 0.25) is 0 Å². The van der Waals surface area contributed by atoms with Gasteiger partial charge in [-0.3, -0.25) is 9.59 Å². The van der Waals surface area contributed by atoms with Gasteiger partial charge in [0, 0.05) is 0 Å². The van der Waals surface area contributed by atoms with Gasteiger partial charge >= 0.3 is 11.9 Å². The molecule has 1 aliphatic heterocycles. The summed E-state index contributed by atoms with van der Waals surface area (Å²) in [7, 11) is 0. The zero-order chi connectivity index (χ0) is 12.7. The molecule has 3 heteroatoms. The van der Waals surface area contributed by atoms with Crippen LogP contribution in [0.4, 0.5) is 0 Å². The van der Waals surface area contributed by atoms with Crippen molar-refractivity contribution in [3.05, 3.63) is 0 Å². The normalized spacial score (nSPS) is 52.1. The van der Waals surface area contributed by atoms with Gasteiger partial charge in [-0.2, -0.15) is 0 Å². The molecule has 0 N–H and O–H groups in total. The molecule has 2 bridgehead atoms. The first-order chi connectivity index (χ1) is 8.50. The Morgan fingerprint density at radius 1 is 1.06 bits per heavy atom. The summed E-state index contributed by atoms with van der Waals surface area (Å²) >= 11 is 0. The fourth-order valence-electron chi connectivity index (χ4n) is 5.51. The number of hydrogen-bond acceptors (Lipinski definition) is 3. The Morgan fingerprint density at radius 2 is 1.83 bits per heavy atom. The van der Waals surface area contributed by atoms with Crippen molar-refractivity contribution >= 4 is 11.9 Å². The lowest BCUT2D eigenvalue weighted by Gasteiger charge is -2.64. The van der Waals surface area contributed by atoms with E-state index in [4.69, 9.17) is 4.74 Å². The van der Waals surface area contributed by atoms with Gasteiger partial charge in [-0.1, -0.05) is 13.8 Å². The zero-order valence-corrected chi connectivity index (χ0v) is 11.0. The van der Waals surface area contributed by atoms with Gasteiger partial charge in [-0.05, 0) is 54.8 Å². The Labute approximate surface area is 107 Å². The number of hydrogen-bond donors (Lipinski definition) is 0. The largest absolute Gasteiger partial charge is 0.393 e. The maximum absolute atomic E-state index is 11.9. The van der Waals surface area contributed by atoms with Crippen molar-refractivity contribution in [1.29, 1.82) is 0 Å². The first-order valence-electron chi connectivity index (χ1n) is 7.25. The molecule has 1 heterocycles. The van der Waals surface area contributed by atoms with Crippen LogP contribution in [0.25, 0.3) is 0 Å². The Hall–Kier alpha value is -0.860. The van der Waals surface area contributed by atoms with Crippen molar-refractivity contribution < 1.29 is 14.3 Å². The van der Waals surface area contributed by atoms with Crippen LogP contribution in [0, 0.1) is 40.9 Å². The van der Waals surface area contributed by atoms with Crippen molar-refractivity contribution in [1.82, 2.24) is 0 Å². The van der Waals surface area contributed by atoms with Crippen molar-refractivity contribution in [3.8, 4) is 0 Å². The van der Waals surface area contributed by atoms with Crippen LogP contribution in [0.3, 0.4) is 0 Å². The summed E-state index contributed by atoms with van der Waals surface area (Å²) < 4.78 is 4.88. The van der Waals surface area contributed by atoms with E-state index in [0.717, 1.165) is 31.1 Å². The van der Waals surface area contributed by atoms with Crippen LogP contribution in [0.5, 0.6) is 0 Å². The highest BCUT2D eigenvalue weighted by Crippen LogP contribution is 2.67. The number of esters is 2. The second-order valence-corrected chi connectivity index (χ2v) is 7.37. The summed E-state index contributed by atoms with van der Waals surface area (Å²) in [4.78, 5) is 23.6. The second-order valence-electron chi connectivity index (χ2n) is 7.37. The standard InChI is InChI=1S/C15H20O3/c1-15(2)7-5-10-8(11(15)6-7)3-4-9-12(10)14(17)18-13(9)16/h7-12H,3-6H2,1-2H3. The van der Waals surface area contributed by atoms with Crippen LogP contribution in [0.15, 0.2) is 0 Å². The molecule has 5 aliphatic rings. The van der Waals surface area contributed by atoms with Crippen molar-refractivity contribution in [2.75, 3.05) is 0 Å². The molecule has 6 unspecified atom stereocenters. The van der Waals surface area contributed by atoms with E-state index in [1.165, 1.54) is 6.42 Å². The Kier molecular flexibility index (Phi) is 1.94. The van der Waals surface area contributed by atoms with E-state index >= 15 is 0 Å². The average molecular weight is 248 g/mol. The molecule has 5 fully saturated rings. The molecule has 0 amide bonds. The van der Waals surface area contributed by atoms with E-state index in [1.807, 2.05) is 0 Å². The summed E-state index contributed by atoms with van der Waals surface area (Å²) in [5, 5.41) is 0. The van der Waals surface area contributed by atoms with Crippen molar-refractivity contribution in [3.63, 3.8) is 0 Å². The van der Waals surface area contributed by atoms with Crippen LogP contribution < -0.4 is 0 Å². The first kappa shape index (κ1) is 11.0. The Morgan fingerprint density at radius 3 is 2.56 bits per heavy atom. The van der Waals surface area contributed by atoms with Gasteiger partial charge in [-0.15, -0.1) is 0 Å². The number of carbonyl (C=O) groups excluding carboxylic acids is 2. The number of cyclic esters (lactones) is 2. The maximum Gasteiger partial charge on any atom is 0.317 e. The lowest BCUT2D eigenvalue weighted by molar-refractivity contribution is -0.171. The number of rotatable bonds is 0. The molecule has 5 rings (SSSR count). The number of carbonyl (C=O) groups is 2. The van der Waals surface area contributed by atoms with Crippen LogP contribution in [-0.2, 0) is 14.3 Å². The van der Waals surface area contributed by atoms with E-state index in [2.05, 4.69) is 13.8 Å². The molecule has 4 saturated carbocycles. The highest BCUT2D eigenvalue weighted by Gasteiger charge is 2.63. The second kappa shape index (κ2) is 3.17. The molecule has 0 aromatic rings. The smallest absolute Gasteiger partial charge is 0.317 e. The van der Waals surface area contributed by atoms with Crippen LogP contribution in [0.1, 0.15) is 39.5 Å². The first-order valence-corrected chi connectivity index (χ1v) is 7.25. The Bertz CT molecular complexity index is 439. The van der Waals surface area contributed by atoms with Crippen molar-refractivity contribution in [2.45, 2.75) is 39.5 Å². The highest BCUT2D eigenvalue weighted by molar-refractivity contribution is 5.96. The molecule has 3 nitrogen and oxygen atoms in total. The van der Waals surface area contributed by atoms with Gasteiger partial charge in [0.05, 0.1) is 11.8 Å². The molecule has 98 valence electrons. The van der Waals surface area contributed by atoms with Crippen LogP contribution in [0.2, 0.25) is 0 Å². The summed E-state index contributed by atoms with van der Waals surface area (Å²) in [5.41, 5.74) is 0.459. The minimum Gasteiger partial charge on any atom is -0.393 e. The molecule has 0 radical (unpaired) electrons. The molecule has 4 aliphatic carbocycles. The molecule has 18 heavy (non-hydrogen) atoms. The van der Waals surface area contributed by atoms with E-state index < -0.39 is 0 Å². The van der Waals surface area contributed by atoms with Gasteiger partial charge < -0.3 is 4.74 Å². The lowest BCUT2D eigenvalue weighted by Crippen LogP contribution is -2.59. The van der Waals surface area contributed by atoms with E-state index in [-0.39, 0.29) is 23.8 Å². The monoisotopic (exact) mass is 248 g/mol. The van der Waals surface area contributed by atoms with Crippen molar-refractivity contribution in [2.24, 2.45) is 40.9 Å². The SMILES string of the molecule is CC1(C)C2CC3C(CCC4C(=O)OC(=O)C43)C1C2. The third-order valence-electron chi connectivity index (χ3n) is 6.65. The van der Waals surface area contributed by atoms with Gasteiger partial charge in [0.1, 0.15) is 0 Å². The van der Waals surface area contributed by atoms with Crippen LogP contribution in [-0.4, -0.2) is 11.9 Å². The maximum atomic E-state index is 11.9. The fourth-order valence-corrected chi connectivity index (χ4v) is 5.51. The Balaban J connectivity index is 1.67. The molecule has 0 spiro atoms. The van der Waals surface area contributed by atoms with Gasteiger partial charge in [0.15, 0.2) is 0 Å². The fraction of sp³-hybridized carbons (Fsp3) is 0.867. The molecule has 1 saturated heterocycles. The van der Waals surface area contributed by atoms with Gasteiger partial charge in [-0.25, -0.2) is 0 Å². The predicted molar refractivity (Wildman–Crippen MR) is 64.3 cm³/mol. The predicted octanol–water partition coefficient (Wildman–Crippen LogP) is 2.39. The van der Waals surface area contributed by atoms with Crippen LogP contribution >= 0.6 is 0 Å². The molecule has 0 aromatic carbocycles. The summed E-state index contributed by atoms with van der Waals surface area (Å²) in [6.45, 7) is 4.76. The summed E-state index contributed by atoms with van der Waals surface area (Å²) in [5.74, 6) is 1.93. The van der Waals surface area contributed by atoms with Gasteiger partial charge in [0.25, 0.3) is 0 Å². The molecular weight excluding hydrogens is 228 g/mol. The minimum atomic E-state index is -0.248. The molecule has 0 aromatic heterocycles. The third-order valence-corrected chi connectivity index (χ3v) is 6.65.